The lowest BCUT2D eigenvalue weighted by molar-refractivity contribution is 0.580. The third kappa shape index (κ3) is 4.05. The standard InChI is InChI=1S/C9H15NO2S/c1-4-7-10-9(6-3)13(11,12)8-5-2/h4-6,9-10H,1-3,7-8H2. The number of sulfone groups is 1. The van der Waals surface area contributed by atoms with Crippen molar-refractivity contribution in [3.05, 3.63) is 38.0 Å². The minimum atomic E-state index is -3.19. The normalized spacial score (nSPS) is 13.2. The fraction of sp³-hybridized carbons (Fsp3) is 0.333. The highest BCUT2D eigenvalue weighted by Crippen LogP contribution is 2.00. The molecular weight excluding hydrogens is 186 g/mol. The molecule has 0 aliphatic rings. The van der Waals surface area contributed by atoms with Gasteiger partial charge in [-0.05, 0) is 0 Å². The average molecular weight is 201 g/mol. The molecule has 0 rings (SSSR count). The summed E-state index contributed by atoms with van der Waals surface area (Å²) in [6.07, 6.45) is 4.32. The third-order valence-corrected chi connectivity index (χ3v) is 3.25. The second-order valence-corrected chi connectivity index (χ2v) is 4.64. The summed E-state index contributed by atoms with van der Waals surface area (Å²) in [5.41, 5.74) is 0. The molecule has 0 saturated carbocycles. The molecule has 74 valence electrons. The van der Waals surface area contributed by atoms with Gasteiger partial charge < -0.3 is 0 Å². The SMILES string of the molecule is C=CCNC(C=C)S(=O)(=O)CC=C. The Morgan fingerprint density at radius 3 is 2.23 bits per heavy atom. The topological polar surface area (TPSA) is 46.2 Å². The molecule has 3 nitrogen and oxygen atoms in total. The number of rotatable bonds is 7. The Hall–Kier alpha value is -0.870. The van der Waals surface area contributed by atoms with Crippen LogP contribution >= 0.6 is 0 Å². The van der Waals surface area contributed by atoms with E-state index in [0.717, 1.165) is 0 Å². The van der Waals surface area contributed by atoms with Crippen LogP contribution in [0.15, 0.2) is 38.0 Å². The van der Waals surface area contributed by atoms with Crippen LogP contribution in [-0.2, 0) is 9.84 Å². The summed E-state index contributed by atoms with van der Waals surface area (Å²) in [5.74, 6) is -0.0478. The van der Waals surface area contributed by atoms with Gasteiger partial charge in [0.15, 0.2) is 9.84 Å². The van der Waals surface area contributed by atoms with Crippen molar-refractivity contribution in [1.29, 1.82) is 0 Å². The summed E-state index contributed by atoms with van der Waals surface area (Å²) < 4.78 is 22.9. The zero-order valence-electron chi connectivity index (χ0n) is 7.57. The molecule has 0 spiro atoms. The van der Waals surface area contributed by atoms with Crippen LogP contribution in [0.2, 0.25) is 0 Å². The Labute approximate surface area is 79.8 Å². The van der Waals surface area contributed by atoms with E-state index in [9.17, 15) is 8.42 Å². The molecule has 0 aliphatic heterocycles. The summed E-state index contributed by atoms with van der Waals surface area (Å²) in [6, 6.07) is 0. The zero-order valence-corrected chi connectivity index (χ0v) is 8.39. The van der Waals surface area contributed by atoms with E-state index in [1.54, 1.807) is 6.08 Å². The summed E-state index contributed by atoms with van der Waals surface area (Å²) in [5, 5.41) is 2.05. The van der Waals surface area contributed by atoms with E-state index in [4.69, 9.17) is 0 Å². The molecule has 0 bridgehead atoms. The predicted molar refractivity (Wildman–Crippen MR) is 56.2 cm³/mol. The van der Waals surface area contributed by atoms with E-state index in [0.29, 0.717) is 6.54 Å². The van der Waals surface area contributed by atoms with Crippen molar-refractivity contribution in [3.63, 3.8) is 0 Å². The lowest BCUT2D eigenvalue weighted by atomic mass is 10.5. The Morgan fingerprint density at radius 1 is 1.23 bits per heavy atom. The van der Waals surface area contributed by atoms with Gasteiger partial charge in [-0.1, -0.05) is 18.2 Å². The second kappa shape index (κ2) is 5.72. The Morgan fingerprint density at radius 2 is 1.85 bits per heavy atom. The lowest BCUT2D eigenvalue weighted by Crippen LogP contribution is -2.36. The van der Waals surface area contributed by atoms with Crippen LogP contribution in [0.1, 0.15) is 0 Å². The lowest BCUT2D eigenvalue weighted by Gasteiger charge is -2.12. The molecule has 0 aromatic rings. The van der Waals surface area contributed by atoms with Gasteiger partial charge in [-0.3, -0.25) is 5.32 Å². The van der Waals surface area contributed by atoms with Crippen molar-refractivity contribution in [2.24, 2.45) is 0 Å². The van der Waals surface area contributed by atoms with Gasteiger partial charge in [0.05, 0.1) is 5.75 Å². The first-order chi connectivity index (χ1) is 6.08. The van der Waals surface area contributed by atoms with Crippen molar-refractivity contribution in [3.8, 4) is 0 Å². The first kappa shape index (κ1) is 12.1. The van der Waals surface area contributed by atoms with Gasteiger partial charge >= 0.3 is 0 Å². The predicted octanol–water partition coefficient (Wildman–Crippen LogP) is 0.875. The minimum Gasteiger partial charge on any atom is -0.294 e. The molecule has 4 heteroatoms. The van der Waals surface area contributed by atoms with Crippen LogP contribution in [-0.4, -0.2) is 26.1 Å². The molecule has 1 N–H and O–H groups in total. The van der Waals surface area contributed by atoms with Gasteiger partial charge in [-0.15, -0.1) is 19.7 Å². The van der Waals surface area contributed by atoms with Crippen LogP contribution in [0.25, 0.3) is 0 Å². The maximum Gasteiger partial charge on any atom is 0.173 e. The maximum atomic E-state index is 11.4. The monoisotopic (exact) mass is 201 g/mol. The Bertz CT molecular complexity index is 280. The smallest absolute Gasteiger partial charge is 0.173 e. The van der Waals surface area contributed by atoms with E-state index in [-0.39, 0.29) is 5.75 Å². The van der Waals surface area contributed by atoms with Crippen molar-refractivity contribution in [2.75, 3.05) is 12.3 Å². The fourth-order valence-electron chi connectivity index (χ4n) is 0.824. The quantitative estimate of drug-likeness (QED) is 0.622. The van der Waals surface area contributed by atoms with Gasteiger partial charge in [-0.25, -0.2) is 8.42 Å². The first-order valence-corrected chi connectivity index (χ1v) is 5.59. The number of nitrogens with one attached hydrogen (secondary N) is 1. The van der Waals surface area contributed by atoms with Gasteiger partial charge in [0.2, 0.25) is 0 Å². The molecule has 0 fully saturated rings. The zero-order chi connectivity index (χ0) is 10.3. The van der Waals surface area contributed by atoms with E-state index < -0.39 is 15.2 Å². The molecule has 0 aromatic carbocycles. The maximum absolute atomic E-state index is 11.4. The van der Waals surface area contributed by atoms with Crippen LogP contribution in [0.4, 0.5) is 0 Å². The van der Waals surface area contributed by atoms with Crippen LogP contribution in [0.5, 0.6) is 0 Å². The van der Waals surface area contributed by atoms with Crippen LogP contribution < -0.4 is 5.32 Å². The summed E-state index contributed by atoms with van der Waals surface area (Å²) in [4.78, 5) is 0. The Balaban J connectivity index is 4.46. The van der Waals surface area contributed by atoms with Gasteiger partial charge in [0.1, 0.15) is 5.37 Å². The molecule has 0 aromatic heterocycles. The van der Waals surface area contributed by atoms with Crippen LogP contribution in [0, 0.1) is 0 Å². The molecule has 13 heavy (non-hydrogen) atoms. The summed E-state index contributed by atoms with van der Waals surface area (Å²) >= 11 is 0. The molecule has 0 aliphatic carbocycles. The van der Waals surface area contributed by atoms with E-state index >= 15 is 0 Å². The molecule has 1 atom stereocenters. The molecule has 0 heterocycles. The first-order valence-electron chi connectivity index (χ1n) is 3.87. The van der Waals surface area contributed by atoms with E-state index in [1.165, 1.54) is 12.2 Å². The van der Waals surface area contributed by atoms with Crippen molar-refractivity contribution >= 4 is 9.84 Å². The Kier molecular flexibility index (Phi) is 5.34. The van der Waals surface area contributed by atoms with Crippen LogP contribution in [0.3, 0.4) is 0 Å². The molecule has 0 amide bonds. The van der Waals surface area contributed by atoms with Gasteiger partial charge in [0, 0.05) is 6.54 Å². The van der Waals surface area contributed by atoms with E-state index in [2.05, 4.69) is 25.1 Å². The van der Waals surface area contributed by atoms with Gasteiger partial charge in [0.25, 0.3) is 0 Å². The molecule has 1 unspecified atom stereocenters. The molecular formula is C9H15NO2S. The second-order valence-electron chi connectivity index (χ2n) is 2.47. The third-order valence-electron chi connectivity index (χ3n) is 1.41. The number of hydrogen-bond acceptors (Lipinski definition) is 3. The largest absolute Gasteiger partial charge is 0.294 e. The van der Waals surface area contributed by atoms with E-state index in [1.807, 2.05) is 0 Å². The highest BCUT2D eigenvalue weighted by molar-refractivity contribution is 7.92. The molecule has 0 saturated heterocycles. The number of hydrogen-bond donors (Lipinski definition) is 1. The van der Waals surface area contributed by atoms with Crippen molar-refractivity contribution < 1.29 is 8.42 Å². The van der Waals surface area contributed by atoms with Crippen molar-refractivity contribution in [1.82, 2.24) is 5.32 Å². The summed E-state index contributed by atoms with van der Waals surface area (Å²) in [6.45, 7) is 10.8. The van der Waals surface area contributed by atoms with Crippen molar-refractivity contribution in [2.45, 2.75) is 5.37 Å². The average Bonchev–Trinajstić information content (AvgIpc) is 2.05. The summed E-state index contributed by atoms with van der Waals surface area (Å²) in [7, 11) is -3.19. The fourth-order valence-corrected chi connectivity index (χ4v) is 2.00. The highest BCUT2D eigenvalue weighted by Gasteiger charge is 2.19. The highest BCUT2D eigenvalue weighted by atomic mass is 32.2. The van der Waals surface area contributed by atoms with Gasteiger partial charge in [-0.2, -0.15) is 0 Å². The molecule has 0 radical (unpaired) electrons. The minimum absolute atomic E-state index is 0.0478.